The lowest BCUT2D eigenvalue weighted by atomic mass is 9.98. The van der Waals surface area contributed by atoms with Crippen LogP contribution in [0.3, 0.4) is 0 Å². The zero-order chi connectivity index (χ0) is 12.3. The van der Waals surface area contributed by atoms with Gasteiger partial charge in [0.25, 0.3) is 0 Å². The molecule has 2 nitrogen and oxygen atoms in total. The average molecular weight is 267 g/mol. The fourth-order valence-electron chi connectivity index (χ4n) is 1.68. The molecular weight excluding hydrogens is 256 g/mol. The number of rotatable bonds is 4. The van der Waals surface area contributed by atoms with Crippen LogP contribution in [-0.2, 0) is 11.2 Å². The van der Waals surface area contributed by atoms with Crippen molar-refractivity contribution in [3.05, 3.63) is 57.2 Å². The summed E-state index contributed by atoms with van der Waals surface area (Å²) in [4.78, 5) is 12.1. The van der Waals surface area contributed by atoms with Crippen LogP contribution in [0.15, 0.2) is 41.8 Å². The zero-order valence-corrected chi connectivity index (χ0v) is 10.5. The minimum atomic E-state index is -0.813. The number of hydrogen-bond donors (Lipinski definition) is 1. The third kappa shape index (κ3) is 2.87. The maximum atomic E-state index is 11.3. The largest absolute Gasteiger partial charge is 0.481 e. The van der Waals surface area contributed by atoms with Crippen LogP contribution in [0, 0.1) is 0 Å². The summed E-state index contributed by atoms with van der Waals surface area (Å²) in [5, 5.41) is 11.8. The topological polar surface area (TPSA) is 37.3 Å². The van der Waals surface area contributed by atoms with Crippen LogP contribution in [0.1, 0.15) is 16.4 Å². The molecule has 0 spiro atoms. The second-order valence-electron chi connectivity index (χ2n) is 3.70. The highest BCUT2D eigenvalue weighted by molar-refractivity contribution is 7.10. The van der Waals surface area contributed by atoms with E-state index in [9.17, 15) is 9.90 Å². The highest BCUT2D eigenvalue weighted by Gasteiger charge is 2.22. The van der Waals surface area contributed by atoms with Gasteiger partial charge in [0.15, 0.2) is 0 Å². The number of benzene rings is 1. The van der Waals surface area contributed by atoms with Crippen molar-refractivity contribution in [3.63, 3.8) is 0 Å². The summed E-state index contributed by atoms with van der Waals surface area (Å²) >= 11 is 7.51. The fraction of sp³-hybridized carbons (Fsp3) is 0.154. The number of carbonyl (C=O) groups is 1. The van der Waals surface area contributed by atoms with Crippen molar-refractivity contribution in [2.75, 3.05) is 0 Å². The number of carboxylic acid groups (broad SMARTS) is 1. The molecule has 0 aliphatic heterocycles. The number of thiophene rings is 1. The predicted octanol–water partition coefficient (Wildman–Crippen LogP) is 3.81. The molecule has 1 unspecified atom stereocenters. The van der Waals surface area contributed by atoms with Gasteiger partial charge < -0.3 is 5.11 Å². The number of aliphatic carboxylic acids is 1. The molecule has 2 aromatic rings. The molecule has 0 aliphatic carbocycles. The molecule has 17 heavy (non-hydrogen) atoms. The van der Waals surface area contributed by atoms with Crippen molar-refractivity contribution < 1.29 is 9.90 Å². The van der Waals surface area contributed by atoms with Gasteiger partial charge in [-0.1, -0.05) is 35.9 Å². The predicted molar refractivity (Wildman–Crippen MR) is 69.9 cm³/mol. The van der Waals surface area contributed by atoms with E-state index < -0.39 is 11.9 Å². The van der Waals surface area contributed by atoms with Gasteiger partial charge in [-0.3, -0.25) is 4.79 Å². The molecular formula is C13H11ClO2S. The van der Waals surface area contributed by atoms with E-state index in [-0.39, 0.29) is 0 Å². The first-order chi connectivity index (χ1) is 8.18. The molecule has 1 heterocycles. The highest BCUT2D eigenvalue weighted by Crippen LogP contribution is 2.28. The summed E-state index contributed by atoms with van der Waals surface area (Å²) in [7, 11) is 0. The maximum Gasteiger partial charge on any atom is 0.312 e. The standard InChI is InChI=1S/C13H11ClO2S/c14-11-5-2-1-4-9(11)8-10(13(15)16)12-6-3-7-17-12/h1-7,10H,8H2,(H,15,16). The summed E-state index contributed by atoms with van der Waals surface area (Å²) in [6.07, 6.45) is 0.426. The van der Waals surface area contributed by atoms with Gasteiger partial charge in [0.1, 0.15) is 0 Å². The lowest BCUT2D eigenvalue weighted by Gasteiger charge is -2.11. The SMILES string of the molecule is O=C(O)C(Cc1ccccc1Cl)c1cccs1. The molecule has 0 aliphatic rings. The molecule has 0 bridgehead atoms. The highest BCUT2D eigenvalue weighted by atomic mass is 35.5. The van der Waals surface area contributed by atoms with Gasteiger partial charge in [0, 0.05) is 9.90 Å². The Morgan fingerprint density at radius 3 is 2.65 bits per heavy atom. The van der Waals surface area contributed by atoms with E-state index in [4.69, 9.17) is 11.6 Å². The van der Waals surface area contributed by atoms with E-state index in [0.717, 1.165) is 10.4 Å². The molecule has 4 heteroatoms. The van der Waals surface area contributed by atoms with Gasteiger partial charge in [0.05, 0.1) is 5.92 Å². The van der Waals surface area contributed by atoms with Gasteiger partial charge in [0.2, 0.25) is 0 Å². The zero-order valence-electron chi connectivity index (χ0n) is 8.97. The minimum Gasteiger partial charge on any atom is -0.481 e. The lowest BCUT2D eigenvalue weighted by molar-refractivity contribution is -0.138. The van der Waals surface area contributed by atoms with Crippen LogP contribution in [-0.4, -0.2) is 11.1 Å². The number of hydrogen-bond acceptors (Lipinski definition) is 2. The van der Waals surface area contributed by atoms with Crippen LogP contribution >= 0.6 is 22.9 Å². The quantitative estimate of drug-likeness (QED) is 0.914. The van der Waals surface area contributed by atoms with Crippen molar-refractivity contribution in [1.29, 1.82) is 0 Å². The van der Waals surface area contributed by atoms with Gasteiger partial charge in [-0.2, -0.15) is 0 Å². The third-order valence-electron chi connectivity index (χ3n) is 2.57. The monoisotopic (exact) mass is 266 g/mol. The van der Waals surface area contributed by atoms with E-state index in [2.05, 4.69) is 0 Å². The van der Waals surface area contributed by atoms with Crippen molar-refractivity contribution in [2.45, 2.75) is 12.3 Å². The Kier molecular flexibility index (Phi) is 3.82. The molecule has 0 saturated heterocycles. The lowest BCUT2D eigenvalue weighted by Crippen LogP contribution is -2.13. The smallest absolute Gasteiger partial charge is 0.312 e. The Hall–Kier alpha value is -1.32. The van der Waals surface area contributed by atoms with Gasteiger partial charge in [-0.05, 0) is 29.5 Å². The van der Waals surface area contributed by atoms with Crippen LogP contribution in [0.4, 0.5) is 0 Å². The average Bonchev–Trinajstić information content (AvgIpc) is 2.81. The van der Waals surface area contributed by atoms with E-state index in [1.807, 2.05) is 35.7 Å². The molecule has 2 rings (SSSR count). The molecule has 0 radical (unpaired) electrons. The third-order valence-corrected chi connectivity index (χ3v) is 3.92. The molecule has 1 N–H and O–H groups in total. The van der Waals surface area contributed by atoms with Crippen LogP contribution in [0.5, 0.6) is 0 Å². The van der Waals surface area contributed by atoms with Gasteiger partial charge >= 0.3 is 5.97 Å². The molecule has 0 fully saturated rings. The Morgan fingerprint density at radius 2 is 2.06 bits per heavy atom. The summed E-state index contributed by atoms with van der Waals surface area (Å²) in [6, 6.07) is 11.1. The Labute approximate surface area is 108 Å². The molecule has 0 saturated carbocycles. The summed E-state index contributed by atoms with van der Waals surface area (Å²) < 4.78 is 0. The van der Waals surface area contributed by atoms with Gasteiger partial charge in [-0.25, -0.2) is 0 Å². The second-order valence-corrected chi connectivity index (χ2v) is 5.09. The van der Waals surface area contributed by atoms with Crippen molar-refractivity contribution in [1.82, 2.24) is 0 Å². The molecule has 1 aromatic heterocycles. The first kappa shape index (κ1) is 12.1. The Morgan fingerprint density at radius 1 is 1.29 bits per heavy atom. The van der Waals surface area contributed by atoms with Crippen molar-refractivity contribution in [3.8, 4) is 0 Å². The maximum absolute atomic E-state index is 11.3. The van der Waals surface area contributed by atoms with E-state index in [1.54, 1.807) is 6.07 Å². The Balaban J connectivity index is 2.26. The van der Waals surface area contributed by atoms with E-state index in [1.165, 1.54) is 11.3 Å². The normalized spacial score (nSPS) is 12.3. The number of halogens is 1. The van der Waals surface area contributed by atoms with Crippen LogP contribution < -0.4 is 0 Å². The molecule has 88 valence electrons. The first-order valence-corrected chi connectivity index (χ1v) is 6.44. The number of carboxylic acids is 1. The minimum absolute atomic E-state index is 0.426. The summed E-state index contributed by atoms with van der Waals surface area (Å²) in [5.74, 6) is -1.33. The van der Waals surface area contributed by atoms with E-state index >= 15 is 0 Å². The molecule has 1 atom stereocenters. The molecule has 0 amide bonds. The summed E-state index contributed by atoms with van der Waals surface area (Å²) in [5.41, 5.74) is 0.870. The first-order valence-electron chi connectivity index (χ1n) is 5.18. The fourth-order valence-corrected chi connectivity index (χ4v) is 2.72. The van der Waals surface area contributed by atoms with Gasteiger partial charge in [-0.15, -0.1) is 11.3 Å². The van der Waals surface area contributed by atoms with Crippen molar-refractivity contribution >= 4 is 28.9 Å². The molecule has 1 aromatic carbocycles. The van der Waals surface area contributed by atoms with Crippen molar-refractivity contribution in [2.24, 2.45) is 0 Å². The van der Waals surface area contributed by atoms with E-state index in [0.29, 0.717) is 11.4 Å². The Bertz CT molecular complexity index is 508. The second kappa shape index (κ2) is 5.34. The van der Waals surface area contributed by atoms with Crippen LogP contribution in [0.2, 0.25) is 5.02 Å². The van der Waals surface area contributed by atoms with Crippen LogP contribution in [0.25, 0.3) is 0 Å². The summed E-state index contributed by atoms with van der Waals surface area (Å²) in [6.45, 7) is 0.